The summed E-state index contributed by atoms with van der Waals surface area (Å²) in [6, 6.07) is 8.15. The predicted molar refractivity (Wildman–Crippen MR) is 75.8 cm³/mol. The average molecular weight is 317 g/mol. The summed E-state index contributed by atoms with van der Waals surface area (Å²) in [7, 11) is 0. The van der Waals surface area contributed by atoms with Crippen molar-refractivity contribution >= 4 is 46.5 Å². The maximum absolute atomic E-state index is 11.8. The Hall–Kier alpha value is -1.36. The fourth-order valence-electron chi connectivity index (χ4n) is 1.40. The number of carbonyl (C=O) groups excluding carboxylic acids is 1. The van der Waals surface area contributed by atoms with Crippen molar-refractivity contribution in [2.45, 2.75) is 6.42 Å². The SMILES string of the molecule is O=C(Cc1ccc(Cl)c(Cl)c1)Nc1ccc(Cl)nn1. The van der Waals surface area contributed by atoms with Crippen molar-refractivity contribution in [2.24, 2.45) is 0 Å². The van der Waals surface area contributed by atoms with E-state index in [9.17, 15) is 4.79 Å². The Balaban J connectivity index is 2.01. The molecule has 1 aromatic carbocycles. The molecule has 4 nitrogen and oxygen atoms in total. The Morgan fingerprint density at radius 2 is 1.84 bits per heavy atom. The van der Waals surface area contributed by atoms with Crippen LogP contribution in [0.4, 0.5) is 5.82 Å². The van der Waals surface area contributed by atoms with Crippen molar-refractivity contribution in [3.05, 3.63) is 51.1 Å². The van der Waals surface area contributed by atoms with E-state index in [2.05, 4.69) is 15.5 Å². The summed E-state index contributed by atoms with van der Waals surface area (Å²) in [4.78, 5) is 11.8. The van der Waals surface area contributed by atoms with Gasteiger partial charge in [-0.1, -0.05) is 40.9 Å². The zero-order valence-electron chi connectivity index (χ0n) is 9.53. The van der Waals surface area contributed by atoms with E-state index in [1.54, 1.807) is 30.3 Å². The summed E-state index contributed by atoms with van der Waals surface area (Å²) in [5.74, 6) is 0.115. The van der Waals surface area contributed by atoms with E-state index in [1.807, 2.05) is 0 Å². The summed E-state index contributed by atoms with van der Waals surface area (Å²) in [6.45, 7) is 0. The molecule has 7 heteroatoms. The zero-order valence-corrected chi connectivity index (χ0v) is 11.8. The fourth-order valence-corrected chi connectivity index (χ4v) is 1.83. The Morgan fingerprint density at radius 3 is 2.47 bits per heavy atom. The number of amides is 1. The van der Waals surface area contributed by atoms with Crippen LogP contribution in [0.15, 0.2) is 30.3 Å². The number of hydrogen-bond donors (Lipinski definition) is 1. The Labute approximate surface area is 124 Å². The maximum atomic E-state index is 11.8. The van der Waals surface area contributed by atoms with E-state index in [1.165, 1.54) is 0 Å². The van der Waals surface area contributed by atoms with Gasteiger partial charge in [-0.2, -0.15) is 0 Å². The van der Waals surface area contributed by atoms with Crippen LogP contribution < -0.4 is 5.32 Å². The van der Waals surface area contributed by atoms with Crippen molar-refractivity contribution in [1.82, 2.24) is 10.2 Å². The van der Waals surface area contributed by atoms with Crippen LogP contribution in [0.25, 0.3) is 0 Å². The molecule has 0 radical (unpaired) electrons. The third-order valence-electron chi connectivity index (χ3n) is 2.25. The number of nitrogens with one attached hydrogen (secondary N) is 1. The first-order chi connectivity index (χ1) is 9.04. The van der Waals surface area contributed by atoms with Crippen molar-refractivity contribution < 1.29 is 4.79 Å². The summed E-state index contributed by atoms with van der Waals surface area (Å²) in [5.41, 5.74) is 0.758. The molecule has 0 unspecified atom stereocenters. The molecular weight excluding hydrogens is 309 g/mol. The Kier molecular flexibility index (Phi) is 4.58. The van der Waals surface area contributed by atoms with E-state index >= 15 is 0 Å². The van der Waals surface area contributed by atoms with Gasteiger partial charge in [0.05, 0.1) is 16.5 Å². The highest BCUT2D eigenvalue weighted by Gasteiger charge is 2.07. The number of nitrogens with zero attached hydrogens (tertiary/aromatic N) is 2. The number of anilines is 1. The second-order valence-electron chi connectivity index (χ2n) is 3.71. The van der Waals surface area contributed by atoms with Crippen LogP contribution in [0.5, 0.6) is 0 Å². The molecule has 1 aromatic heterocycles. The van der Waals surface area contributed by atoms with E-state index < -0.39 is 0 Å². The molecule has 0 aliphatic heterocycles. The molecule has 19 heavy (non-hydrogen) atoms. The van der Waals surface area contributed by atoms with Gasteiger partial charge in [0.1, 0.15) is 0 Å². The topological polar surface area (TPSA) is 54.9 Å². The lowest BCUT2D eigenvalue weighted by atomic mass is 10.1. The van der Waals surface area contributed by atoms with E-state index in [-0.39, 0.29) is 17.5 Å². The number of rotatable bonds is 3. The second-order valence-corrected chi connectivity index (χ2v) is 4.92. The van der Waals surface area contributed by atoms with Gasteiger partial charge in [0, 0.05) is 0 Å². The fraction of sp³-hybridized carbons (Fsp3) is 0.0833. The summed E-state index contributed by atoms with van der Waals surface area (Å²) in [6.07, 6.45) is 0.168. The lowest BCUT2D eigenvalue weighted by Crippen LogP contribution is -2.15. The van der Waals surface area contributed by atoms with E-state index in [0.717, 1.165) is 5.56 Å². The van der Waals surface area contributed by atoms with Gasteiger partial charge < -0.3 is 5.32 Å². The third kappa shape index (κ3) is 4.06. The molecule has 98 valence electrons. The smallest absolute Gasteiger partial charge is 0.229 e. The first-order valence-electron chi connectivity index (χ1n) is 5.27. The van der Waals surface area contributed by atoms with Crippen molar-refractivity contribution in [3.63, 3.8) is 0 Å². The summed E-state index contributed by atoms with van der Waals surface area (Å²) in [5, 5.41) is 11.1. The molecule has 0 bridgehead atoms. The van der Waals surface area contributed by atoms with Crippen LogP contribution in [0.1, 0.15) is 5.56 Å². The molecule has 0 atom stereocenters. The predicted octanol–water partition coefficient (Wildman–Crippen LogP) is 3.62. The highest BCUT2D eigenvalue weighted by Crippen LogP contribution is 2.22. The van der Waals surface area contributed by atoms with Crippen LogP contribution in [-0.4, -0.2) is 16.1 Å². The number of hydrogen-bond acceptors (Lipinski definition) is 3. The molecule has 1 amide bonds. The molecular formula is C12H8Cl3N3O. The van der Waals surface area contributed by atoms with E-state index in [4.69, 9.17) is 34.8 Å². The quantitative estimate of drug-likeness (QED) is 0.941. The van der Waals surface area contributed by atoms with Crippen LogP contribution >= 0.6 is 34.8 Å². The van der Waals surface area contributed by atoms with Gasteiger partial charge in [0.2, 0.25) is 5.91 Å². The molecule has 2 rings (SSSR count). The highest BCUT2D eigenvalue weighted by atomic mass is 35.5. The standard InChI is InChI=1S/C12H8Cl3N3O/c13-8-2-1-7(5-9(8)14)6-12(19)16-11-4-3-10(15)17-18-11/h1-5H,6H2,(H,16,18,19). The van der Waals surface area contributed by atoms with E-state index in [0.29, 0.717) is 15.9 Å². The monoisotopic (exact) mass is 315 g/mol. The van der Waals surface area contributed by atoms with Gasteiger partial charge in [-0.25, -0.2) is 0 Å². The highest BCUT2D eigenvalue weighted by molar-refractivity contribution is 6.42. The molecule has 0 saturated heterocycles. The minimum Gasteiger partial charge on any atom is -0.309 e. The lowest BCUT2D eigenvalue weighted by molar-refractivity contribution is -0.115. The first kappa shape index (κ1) is 14.1. The molecule has 0 aliphatic carbocycles. The molecule has 2 aromatic rings. The van der Waals surface area contributed by atoms with Crippen molar-refractivity contribution in [2.75, 3.05) is 5.32 Å². The molecule has 0 spiro atoms. The summed E-state index contributed by atoms with van der Waals surface area (Å²) < 4.78 is 0. The Bertz CT molecular complexity index is 602. The lowest BCUT2D eigenvalue weighted by Gasteiger charge is -2.05. The number of carbonyl (C=O) groups is 1. The molecule has 0 aliphatic rings. The maximum Gasteiger partial charge on any atom is 0.229 e. The van der Waals surface area contributed by atoms with Crippen LogP contribution in [-0.2, 0) is 11.2 Å². The average Bonchev–Trinajstić information content (AvgIpc) is 2.37. The number of benzene rings is 1. The molecule has 1 heterocycles. The van der Waals surface area contributed by atoms with Crippen LogP contribution in [0.2, 0.25) is 15.2 Å². The first-order valence-corrected chi connectivity index (χ1v) is 6.41. The number of aromatic nitrogens is 2. The zero-order chi connectivity index (χ0) is 13.8. The largest absolute Gasteiger partial charge is 0.309 e. The number of halogens is 3. The minimum atomic E-state index is -0.227. The Morgan fingerprint density at radius 1 is 1.05 bits per heavy atom. The minimum absolute atomic E-state index is 0.168. The third-order valence-corrected chi connectivity index (χ3v) is 3.19. The summed E-state index contributed by atoms with van der Waals surface area (Å²) >= 11 is 17.3. The van der Waals surface area contributed by atoms with Crippen molar-refractivity contribution in [1.29, 1.82) is 0 Å². The van der Waals surface area contributed by atoms with Crippen LogP contribution in [0.3, 0.4) is 0 Å². The normalized spacial score (nSPS) is 10.3. The van der Waals surface area contributed by atoms with Gasteiger partial charge >= 0.3 is 0 Å². The molecule has 1 N–H and O–H groups in total. The van der Waals surface area contributed by atoms with Gasteiger partial charge in [0.25, 0.3) is 0 Å². The second kappa shape index (κ2) is 6.19. The van der Waals surface area contributed by atoms with Crippen molar-refractivity contribution in [3.8, 4) is 0 Å². The van der Waals surface area contributed by atoms with Gasteiger partial charge in [-0.15, -0.1) is 10.2 Å². The van der Waals surface area contributed by atoms with Crippen LogP contribution in [0, 0.1) is 0 Å². The molecule has 0 fully saturated rings. The van der Waals surface area contributed by atoms with Gasteiger partial charge in [-0.05, 0) is 29.8 Å². The van der Waals surface area contributed by atoms with Gasteiger partial charge in [-0.3, -0.25) is 4.79 Å². The van der Waals surface area contributed by atoms with Gasteiger partial charge in [0.15, 0.2) is 11.0 Å². The molecule has 0 saturated carbocycles.